The van der Waals surface area contributed by atoms with Crippen molar-refractivity contribution in [1.29, 1.82) is 0 Å². The average molecular weight is 266 g/mol. The van der Waals surface area contributed by atoms with Gasteiger partial charge in [-0.05, 0) is 34.0 Å². The number of likely N-dealkylation sites (N-methyl/N-ethyl adjacent to an activating group) is 1. The van der Waals surface area contributed by atoms with Gasteiger partial charge in [-0.25, -0.2) is 9.97 Å². The van der Waals surface area contributed by atoms with Crippen molar-refractivity contribution >= 4 is 11.6 Å². The molecule has 0 aliphatic carbocycles. The Morgan fingerprint density at radius 2 is 1.95 bits per heavy atom. The molecule has 0 radical (unpaired) electrons. The van der Waals surface area contributed by atoms with Crippen molar-refractivity contribution < 1.29 is 0 Å². The van der Waals surface area contributed by atoms with Crippen LogP contribution in [0, 0.1) is 6.92 Å². The summed E-state index contributed by atoms with van der Waals surface area (Å²) >= 11 is 0. The molecule has 1 aromatic heterocycles. The van der Waals surface area contributed by atoms with Gasteiger partial charge >= 0.3 is 0 Å². The van der Waals surface area contributed by atoms with E-state index in [1.165, 1.54) is 0 Å². The molecule has 0 atom stereocenters. The maximum Gasteiger partial charge on any atom is 0.134 e. The first kappa shape index (κ1) is 15.7. The molecule has 0 unspecified atom stereocenters. The van der Waals surface area contributed by atoms with Crippen LogP contribution in [0.1, 0.15) is 12.2 Å². The molecule has 0 spiro atoms. The minimum atomic E-state index is 0.697. The number of nitrogens with two attached hydrogens (primary N) is 1. The highest BCUT2D eigenvalue weighted by Gasteiger charge is 2.06. The average Bonchev–Trinajstić information content (AvgIpc) is 2.34. The van der Waals surface area contributed by atoms with E-state index in [9.17, 15) is 0 Å². The normalized spacial score (nSPS) is 10.8. The number of hydrogen-bond acceptors (Lipinski definition) is 6. The third kappa shape index (κ3) is 5.85. The number of rotatable bonds is 8. The molecule has 1 aromatic rings. The SMILES string of the molecule is Cc1nc(NCCN(C)C)cc(N(C)CCCN)n1. The van der Waals surface area contributed by atoms with Gasteiger partial charge in [0.1, 0.15) is 17.5 Å². The van der Waals surface area contributed by atoms with Crippen LogP contribution in [0.5, 0.6) is 0 Å². The highest BCUT2D eigenvalue weighted by atomic mass is 15.2. The summed E-state index contributed by atoms with van der Waals surface area (Å²) in [6.07, 6.45) is 0.961. The van der Waals surface area contributed by atoms with Gasteiger partial charge in [0.2, 0.25) is 0 Å². The van der Waals surface area contributed by atoms with Crippen molar-refractivity contribution in [3.63, 3.8) is 0 Å². The molecule has 0 aromatic carbocycles. The molecule has 19 heavy (non-hydrogen) atoms. The lowest BCUT2D eigenvalue weighted by molar-refractivity contribution is 0.425. The van der Waals surface area contributed by atoms with E-state index in [4.69, 9.17) is 5.73 Å². The van der Waals surface area contributed by atoms with Gasteiger partial charge in [0, 0.05) is 32.7 Å². The van der Waals surface area contributed by atoms with Crippen molar-refractivity contribution in [2.24, 2.45) is 5.73 Å². The van der Waals surface area contributed by atoms with Crippen LogP contribution in [-0.2, 0) is 0 Å². The number of aryl methyl sites for hydroxylation is 1. The van der Waals surface area contributed by atoms with Crippen molar-refractivity contribution in [2.45, 2.75) is 13.3 Å². The Labute approximate surface area is 116 Å². The highest BCUT2D eigenvalue weighted by molar-refractivity contribution is 5.48. The maximum atomic E-state index is 5.53. The number of anilines is 2. The smallest absolute Gasteiger partial charge is 0.134 e. The van der Waals surface area contributed by atoms with Crippen LogP contribution in [0.25, 0.3) is 0 Å². The van der Waals surface area contributed by atoms with Crippen molar-refractivity contribution in [1.82, 2.24) is 14.9 Å². The predicted molar refractivity (Wildman–Crippen MR) is 80.8 cm³/mol. The number of aromatic nitrogens is 2. The fourth-order valence-corrected chi connectivity index (χ4v) is 1.69. The van der Waals surface area contributed by atoms with Crippen molar-refractivity contribution in [2.75, 3.05) is 57.5 Å². The first-order chi connectivity index (χ1) is 9.02. The zero-order valence-corrected chi connectivity index (χ0v) is 12.5. The molecule has 0 fully saturated rings. The summed E-state index contributed by atoms with van der Waals surface area (Å²) in [4.78, 5) is 13.1. The minimum Gasteiger partial charge on any atom is -0.369 e. The minimum absolute atomic E-state index is 0.697. The van der Waals surface area contributed by atoms with E-state index in [2.05, 4.69) is 39.2 Å². The lowest BCUT2D eigenvalue weighted by atomic mass is 10.3. The summed E-state index contributed by atoms with van der Waals surface area (Å²) in [6, 6.07) is 1.99. The van der Waals surface area contributed by atoms with E-state index in [-0.39, 0.29) is 0 Å². The van der Waals surface area contributed by atoms with Gasteiger partial charge < -0.3 is 20.9 Å². The van der Waals surface area contributed by atoms with Crippen LogP contribution in [0.2, 0.25) is 0 Å². The summed E-state index contributed by atoms with van der Waals surface area (Å²) in [5.74, 6) is 2.60. The third-order valence-corrected chi connectivity index (χ3v) is 2.78. The Morgan fingerprint density at radius 3 is 2.58 bits per heavy atom. The van der Waals surface area contributed by atoms with Crippen LogP contribution >= 0.6 is 0 Å². The third-order valence-electron chi connectivity index (χ3n) is 2.78. The van der Waals surface area contributed by atoms with Gasteiger partial charge in [0.05, 0.1) is 0 Å². The van der Waals surface area contributed by atoms with Crippen LogP contribution < -0.4 is 16.0 Å². The van der Waals surface area contributed by atoms with Crippen LogP contribution in [0.3, 0.4) is 0 Å². The molecule has 1 rings (SSSR count). The van der Waals surface area contributed by atoms with E-state index >= 15 is 0 Å². The van der Waals surface area contributed by atoms with E-state index in [1.54, 1.807) is 0 Å². The quantitative estimate of drug-likeness (QED) is 0.716. The molecule has 3 N–H and O–H groups in total. The molecule has 0 saturated heterocycles. The zero-order valence-electron chi connectivity index (χ0n) is 12.5. The molecular formula is C13H26N6. The van der Waals surface area contributed by atoms with E-state index < -0.39 is 0 Å². The molecule has 108 valence electrons. The molecule has 0 saturated carbocycles. The molecular weight excluding hydrogens is 240 g/mol. The van der Waals surface area contributed by atoms with Gasteiger partial charge in [-0.15, -0.1) is 0 Å². The van der Waals surface area contributed by atoms with Gasteiger partial charge in [-0.3, -0.25) is 0 Å². The molecule has 0 bridgehead atoms. The molecule has 0 amide bonds. The second-order valence-electron chi connectivity index (χ2n) is 4.95. The zero-order chi connectivity index (χ0) is 14.3. The second-order valence-corrected chi connectivity index (χ2v) is 4.95. The molecule has 0 aliphatic rings. The Morgan fingerprint density at radius 1 is 1.21 bits per heavy atom. The largest absolute Gasteiger partial charge is 0.369 e. The standard InChI is InChI=1S/C13H26N6/c1-11-16-12(15-7-9-18(2)3)10-13(17-11)19(4)8-5-6-14/h10H,5-9,14H2,1-4H3,(H,15,16,17). The monoisotopic (exact) mass is 266 g/mol. The Bertz CT molecular complexity index is 379. The van der Waals surface area contributed by atoms with Crippen molar-refractivity contribution in [3.8, 4) is 0 Å². The van der Waals surface area contributed by atoms with Crippen LogP contribution in [-0.4, -0.2) is 62.2 Å². The fraction of sp³-hybridized carbons (Fsp3) is 0.692. The summed E-state index contributed by atoms with van der Waals surface area (Å²) in [7, 11) is 6.14. The Hall–Kier alpha value is -1.40. The summed E-state index contributed by atoms with van der Waals surface area (Å²) in [5, 5.41) is 3.32. The lowest BCUT2D eigenvalue weighted by Crippen LogP contribution is -2.24. The predicted octanol–water partition coefficient (Wildman–Crippen LogP) is 0.544. The topological polar surface area (TPSA) is 70.3 Å². The molecule has 6 heteroatoms. The summed E-state index contributed by atoms with van der Waals surface area (Å²) < 4.78 is 0. The molecule has 1 heterocycles. The number of hydrogen-bond donors (Lipinski definition) is 2. The lowest BCUT2D eigenvalue weighted by Gasteiger charge is -2.19. The molecule has 6 nitrogen and oxygen atoms in total. The van der Waals surface area contributed by atoms with Crippen LogP contribution in [0.4, 0.5) is 11.6 Å². The maximum absolute atomic E-state index is 5.53. The fourth-order valence-electron chi connectivity index (χ4n) is 1.69. The van der Waals surface area contributed by atoms with E-state index in [0.29, 0.717) is 6.54 Å². The highest BCUT2D eigenvalue weighted by Crippen LogP contribution is 2.14. The first-order valence-corrected chi connectivity index (χ1v) is 6.68. The van der Waals surface area contributed by atoms with Gasteiger partial charge in [-0.2, -0.15) is 0 Å². The van der Waals surface area contributed by atoms with Gasteiger partial charge in [0.25, 0.3) is 0 Å². The molecule has 0 aliphatic heterocycles. The number of nitrogens with zero attached hydrogens (tertiary/aromatic N) is 4. The van der Waals surface area contributed by atoms with Gasteiger partial charge in [0.15, 0.2) is 0 Å². The van der Waals surface area contributed by atoms with E-state index in [0.717, 1.165) is 43.5 Å². The number of nitrogens with one attached hydrogen (secondary N) is 1. The van der Waals surface area contributed by atoms with Crippen LogP contribution in [0.15, 0.2) is 6.07 Å². The Balaban J connectivity index is 2.65. The second kappa shape index (κ2) is 7.91. The van der Waals surface area contributed by atoms with E-state index in [1.807, 2.05) is 20.0 Å². The van der Waals surface area contributed by atoms with Crippen molar-refractivity contribution in [3.05, 3.63) is 11.9 Å². The Kier molecular flexibility index (Phi) is 6.52. The summed E-state index contributed by atoms with van der Waals surface area (Å²) in [6.45, 7) is 5.36. The first-order valence-electron chi connectivity index (χ1n) is 6.68. The summed E-state index contributed by atoms with van der Waals surface area (Å²) in [5.41, 5.74) is 5.53. The van der Waals surface area contributed by atoms with Gasteiger partial charge in [-0.1, -0.05) is 0 Å².